The summed E-state index contributed by atoms with van der Waals surface area (Å²) in [6.45, 7) is 2.67. The Balaban J connectivity index is 3.63. The summed E-state index contributed by atoms with van der Waals surface area (Å²) in [6.07, 6.45) is 4.47. The fourth-order valence-electron chi connectivity index (χ4n) is 1.40. The molecule has 0 spiro atoms. The Kier molecular flexibility index (Phi) is 9.54. The molecule has 0 aliphatic rings. The van der Waals surface area contributed by atoms with E-state index < -0.39 is 32.6 Å². The summed E-state index contributed by atoms with van der Waals surface area (Å²) in [5, 5.41) is 3.02. The molecule has 2 N–H and O–H groups in total. The lowest BCUT2D eigenvalue weighted by atomic mass is 10.2. The van der Waals surface area contributed by atoms with Crippen molar-refractivity contribution in [2.75, 3.05) is 31.2 Å². The first-order valence-corrected chi connectivity index (χ1v) is 9.48. The predicted octanol–water partition coefficient (Wildman–Crippen LogP) is 0.391. The smallest absolute Gasteiger partial charge is 0.316 e. The molecule has 0 amide bonds. The summed E-state index contributed by atoms with van der Waals surface area (Å²) in [5.74, 6) is -0.500. The van der Waals surface area contributed by atoms with Crippen molar-refractivity contribution in [2.24, 2.45) is 0 Å². The van der Waals surface area contributed by atoms with E-state index in [2.05, 4.69) is 16.4 Å². The Labute approximate surface area is 115 Å². The highest BCUT2D eigenvalue weighted by molar-refractivity contribution is 7.91. The molecule has 0 bridgehead atoms. The molecule has 9 heteroatoms. The maximum atomic E-state index is 11.5. The van der Waals surface area contributed by atoms with Gasteiger partial charge in [-0.05, 0) is 13.0 Å². The van der Waals surface area contributed by atoms with Crippen molar-refractivity contribution in [3.63, 3.8) is 0 Å². The van der Waals surface area contributed by atoms with Gasteiger partial charge in [-0.3, -0.25) is 4.55 Å². The average Bonchev–Trinajstić information content (AvgIpc) is 2.25. The molecule has 0 radical (unpaired) electrons. The lowest BCUT2D eigenvalue weighted by molar-refractivity contribution is 0.284. The molecule has 0 saturated carbocycles. The molecule has 0 atom stereocenters. The topological polar surface area (TPSA) is 110 Å². The molecule has 0 aromatic carbocycles. The van der Waals surface area contributed by atoms with Crippen LogP contribution in [0.3, 0.4) is 0 Å². The first kappa shape index (κ1) is 18.8. The first-order valence-electron chi connectivity index (χ1n) is 6.30. The number of rotatable bonds is 12. The van der Waals surface area contributed by atoms with Crippen molar-refractivity contribution in [1.29, 1.82) is 0 Å². The third-order valence-electron chi connectivity index (χ3n) is 2.42. The zero-order valence-electron chi connectivity index (χ0n) is 11.2. The highest BCUT2D eigenvalue weighted by atomic mass is 32.3. The largest absolute Gasteiger partial charge is 0.397 e. The van der Waals surface area contributed by atoms with Gasteiger partial charge in [0.15, 0.2) is 9.84 Å². The summed E-state index contributed by atoms with van der Waals surface area (Å²) in [5.41, 5.74) is 0. The molecule has 0 aromatic heterocycles. The standard InChI is InChI=1S/C10H23NO6S2/c1-2-3-4-5-6-11-7-9-18(12,13)10-8-17-19(14,15)16/h11H,2-10H2,1H3,(H,14,15,16). The maximum Gasteiger partial charge on any atom is 0.397 e. The Hall–Kier alpha value is -0.220. The van der Waals surface area contributed by atoms with E-state index in [9.17, 15) is 16.8 Å². The van der Waals surface area contributed by atoms with E-state index in [1.807, 2.05) is 0 Å². The van der Waals surface area contributed by atoms with E-state index in [0.717, 1.165) is 25.8 Å². The van der Waals surface area contributed by atoms with Gasteiger partial charge >= 0.3 is 10.4 Å². The van der Waals surface area contributed by atoms with Crippen LogP contribution in [0.1, 0.15) is 32.6 Å². The van der Waals surface area contributed by atoms with Gasteiger partial charge < -0.3 is 5.32 Å². The van der Waals surface area contributed by atoms with Crippen LogP contribution in [0.4, 0.5) is 0 Å². The Morgan fingerprint density at radius 3 is 2.26 bits per heavy atom. The van der Waals surface area contributed by atoms with Crippen LogP contribution in [-0.4, -0.2) is 52.6 Å². The summed E-state index contributed by atoms with van der Waals surface area (Å²) in [6, 6.07) is 0. The van der Waals surface area contributed by atoms with Gasteiger partial charge in [-0.25, -0.2) is 12.6 Å². The van der Waals surface area contributed by atoms with Crippen molar-refractivity contribution in [2.45, 2.75) is 32.6 Å². The summed E-state index contributed by atoms with van der Waals surface area (Å²) < 4.78 is 55.6. The minimum Gasteiger partial charge on any atom is -0.316 e. The fraction of sp³-hybridized carbons (Fsp3) is 1.00. The van der Waals surface area contributed by atoms with Crippen LogP contribution in [0.2, 0.25) is 0 Å². The summed E-state index contributed by atoms with van der Waals surface area (Å²) >= 11 is 0. The number of nitrogens with one attached hydrogen (secondary N) is 1. The average molecular weight is 317 g/mol. The van der Waals surface area contributed by atoms with E-state index in [1.54, 1.807) is 0 Å². The lowest BCUT2D eigenvalue weighted by Crippen LogP contribution is -2.26. The van der Waals surface area contributed by atoms with Crippen LogP contribution in [0.15, 0.2) is 0 Å². The number of hydrogen-bond acceptors (Lipinski definition) is 6. The van der Waals surface area contributed by atoms with Crippen LogP contribution < -0.4 is 5.32 Å². The molecule has 7 nitrogen and oxygen atoms in total. The first-order chi connectivity index (χ1) is 8.77. The molecule has 0 saturated heterocycles. The van der Waals surface area contributed by atoms with Crippen LogP contribution in [0, 0.1) is 0 Å². The number of unbranched alkanes of at least 4 members (excludes halogenated alkanes) is 3. The highest BCUT2D eigenvalue weighted by Gasteiger charge is 2.13. The second kappa shape index (κ2) is 9.65. The van der Waals surface area contributed by atoms with Gasteiger partial charge in [-0.15, -0.1) is 0 Å². The molecule has 0 aromatic rings. The van der Waals surface area contributed by atoms with Crippen molar-refractivity contribution < 1.29 is 25.6 Å². The molecular formula is C10H23NO6S2. The molecule has 0 unspecified atom stereocenters. The van der Waals surface area contributed by atoms with Crippen LogP contribution in [0.25, 0.3) is 0 Å². The third-order valence-corrected chi connectivity index (χ3v) is 4.50. The van der Waals surface area contributed by atoms with Gasteiger partial charge in [-0.1, -0.05) is 26.2 Å². The maximum absolute atomic E-state index is 11.5. The molecular weight excluding hydrogens is 294 g/mol. The predicted molar refractivity (Wildman–Crippen MR) is 73.2 cm³/mol. The second-order valence-electron chi connectivity index (χ2n) is 4.21. The SMILES string of the molecule is CCCCCCNCCS(=O)(=O)CCOS(=O)(=O)O. The molecule has 0 aliphatic carbocycles. The quantitative estimate of drug-likeness (QED) is 0.396. The molecule has 0 heterocycles. The highest BCUT2D eigenvalue weighted by Crippen LogP contribution is 1.97. The van der Waals surface area contributed by atoms with Crippen molar-refractivity contribution in [1.82, 2.24) is 5.32 Å². The van der Waals surface area contributed by atoms with E-state index in [0.29, 0.717) is 6.54 Å². The van der Waals surface area contributed by atoms with E-state index in [1.165, 1.54) is 6.42 Å². The fourth-order valence-corrected chi connectivity index (χ4v) is 2.79. The zero-order chi connectivity index (χ0) is 14.8. The van der Waals surface area contributed by atoms with Gasteiger partial charge in [0.05, 0.1) is 18.1 Å². The molecule has 116 valence electrons. The lowest BCUT2D eigenvalue weighted by Gasteiger charge is -2.06. The second-order valence-corrected chi connectivity index (χ2v) is 7.61. The minimum atomic E-state index is -4.56. The Bertz CT molecular complexity index is 417. The number of sulfone groups is 1. The zero-order valence-corrected chi connectivity index (χ0v) is 12.8. The monoisotopic (exact) mass is 317 g/mol. The van der Waals surface area contributed by atoms with Crippen LogP contribution in [0.5, 0.6) is 0 Å². The summed E-state index contributed by atoms with van der Waals surface area (Å²) in [7, 11) is -7.93. The van der Waals surface area contributed by atoms with Gasteiger partial charge in [0, 0.05) is 6.54 Å². The van der Waals surface area contributed by atoms with E-state index in [-0.39, 0.29) is 5.75 Å². The minimum absolute atomic E-state index is 0.0738. The van der Waals surface area contributed by atoms with Gasteiger partial charge in [0.25, 0.3) is 0 Å². The van der Waals surface area contributed by atoms with Gasteiger partial charge in [-0.2, -0.15) is 8.42 Å². The van der Waals surface area contributed by atoms with Crippen molar-refractivity contribution in [3.05, 3.63) is 0 Å². The summed E-state index contributed by atoms with van der Waals surface area (Å²) in [4.78, 5) is 0. The molecule has 19 heavy (non-hydrogen) atoms. The number of hydrogen-bond donors (Lipinski definition) is 2. The van der Waals surface area contributed by atoms with E-state index in [4.69, 9.17) is 4.55 Å². The van der Waals surface area contributed by atoms with Gasteiger partial charge in [0.1, 0.15) is 0 Å². The van der Waals surface area contributed by atoms with Crippen LogP contribution >= 0.6 is 0 Å². The van der Waals surface area contributed by atoms with Crippen LogP contribution in [-0.2, 0) is 24.4 Å². The molecule has 0 rings (SSSR count). The van der Waals surface area contributed by atoms with Crippen molar-refractivity contribution >= 4 is 20.2 Å². The Morgan fingerprint density at radius 2 is 1.68 bits per heavy atom. The molecule has 0 aliphatic heterocycles. The molecule has 0 fully saturated rings. The Morgan fingerprint density at radius 1 is 1.00 bits per heavy atom. The van der Waals surface area contributed by atoms with Gasteiger partial charge in [0.2, 0.25) is 0 Å². The normalized spacial score (nSPS) is 12.7. The third kappa shape index (κ3) is 14.0. The van der Waals surface area contributed by atoms with E-state index >= 15 is 0 Å². The van der Waals surface area contributed by atoms with Crippen molar-refractivity contribution in [3.8, 4) is 0 Å².